The SMILES string of the molecule is O=S(=O)(/C=C/c1ccccc1)N1[C@@H]2CC[C@@H]1COC2. The molecule has 2 fully saturated rings. The molecule has 0 radical (unpaired) electrons. The standard InChI is InChI=1S/C14H17NO3S/c16-19(17,9-8-12-4-2-1-3-5-12)15-13-6-7-14(15)11-18-10-13/h1-5,8-9,13-14H,6-7,10-11H2/b9-8+/t13-,14-/m1/s1. The lowest BCUT2D eigenvalue weighted by atomic mass is 10.2. The van der Waals surface area contributed by atoms with Crippen molar-refractivity contribution in [2.45, 2.75) is 24.9 Å². The minimum absolute atomic E-state index is 0.0178. The molecule has 2 heterocycles. The number of hydrogen-bond acceptors (Lipinski definition) is 3. The highest BCUT2D eigenvalue weighted by molar-refractivity contribution is 7.92. The van der Waals surface area contributed by atoms with Crippen LogP contribution in [0, 0.1) is 0 Å². The van der Waals surface area contributed by atoms with Crippen LogP contribution in [0.3, 0.4) is 0 Å². The van der Waals surface area contributed by atoms with Gasteiger partial charge in [-0.2, -0.15) is 4.31 Å². The summed E-state index contributed by atoms with van der Waals surface area (Å²) in [7, 11) is -3.34. The number of morpholine rings is 1. The van der Waals surface area contributed by atoms with E-state index < -0.39 is 10.0 Å². The Morgan fingerprint density at radius 3 is 2.37 bits per heavy atom. The summed E-state index contributed by atoms with van der Waals surface area (Å²) in [6.07, 6.45) is 3.47. The Morgan fingerprint density at radius 2 is 1.74 bits per heavy atom. The van der Waals surface area contributed by atoms with E-state index in [1.807, 2.05) is 30.3 Å². The van der Waals surface area contributed by atoms with E-state index in [1.54, 1.807) is 10.4 Å². The summed E-state index contributed by atoms with van der Waals surface area (Å²) in [6.45, 7) is 1.05. The normalized spacial score (nSPS) is 28.0. The summed E-state index contributed by atoms with van der Waals surface area (Å²) in [5.41, 5.74) is 0.895. The van der Waals surface area contributed by atoms with Crippen LogP contribution in [0.25, 0.3) is 6.08 Å². The molecule has 2 saturated heterocycles. The fourth-order valence-corrected chi connectivity index (χ4v) is 4.44. The second-order valence-corrected chi connectivity index (χ2v) is 6.73. The van der Waals surface area contributed by atoms with Gasteiger partial charge in [0.15, 0.2) is 0 Å². The number of benzene rings is 1. The van der Waals surface area contributed by atoms with Gasteiger partial charge < -0.3 is 4.74 Å². The number of ether oxygens (including phenoxy) is 1. The molecule has 2 bridgehead atoms. The van der Waals surface area contributed by atoms with Crippen molar-refractivity contribution in [2.75, 3.05) is 13.2 Å². The fraction of sp³-hybridized carbons (Fsp3) is 0.429. The molecule has 19 heavy (non-hydrogen) atoms. The van der Waals surface area contributed by atoms with Crippen molar-refractivity contribution < 1.29 is 13.2 Å². The molecule has 0 unspecified atom stereocenters. The molecule has 0 saturated carbocycles. The first-order valence-electron chi connectivity index (χ1n) is 6.51. The van der Waals surface area contributed by atoms with Crippen LogP contribution < -0.4 is 0 Å². The molecule has 0 N–H and O–H groups in total. The van der Waals surface area contributed by atoms with E-state index in [4.69, 9.17) is 4.74 Å². The molecule has 2 atom stereocenters. The van der Waals surface area contributed by atoms with Crippen molar-refractivity contribution >= 4 is 16.1 Å². The van der Waals surface area contributed by atoms with Crippen molar-refractivity contribution in [3.05, 3.63) is 41.3 Å². The predicted octanol–water partition coefficient (Wildman–Crippen LogP) is 1.85. The van der Waals surface area contributed by atoms with Crippen LogP contribution in [-0.4, -0.2) is 38.0 Å². The van der Waals surface area contributed by atoms with Crippen LogP contribution in [-0.2, 0) is 14.8 Å². The minimum atomic E-state index is -3.34. The van der Waals surface area contributed by atoms with E-state index >= 15 is 0 Å². The van der Waals surface area contributed by atoms with Crippen molar-refractivity contribution in [2.24, 2.45) is 0 Å². The van der Waals surface area contributed by atoms with Gasteiger partial charge in [0.25, 0.3) is 0 Å². The van der Waals surface area contributed by atoms with Gasteiger partial charge in [-0.3, -0.25) is 0 Å². The number of hydrogen-bond donors (Lipinski definition) is 0. The lowest BCUT2D eigenvalue weighted by Gasteiger charge is -2.32. The maximum absolute atomic E-state index is 12.4. The number of nitrogens with zero attached hydrogens (tertiary/aromatic N) is 1. The van der Waals surface area contributed by atoms with E-state index in [9.17, 15) is 8.42 Å². The van der Waals surface area contributed by atoms with Crippen LogP contribution in [0.2, 0.25) is 0 Å². The Morgan fingerprint density at radius 1 is 1.11 bits per heavy atom. The maximum atomic E-state index is 12.4. The van der Waals surface area contributed by atoms with Crippen LogP contribution >= 0.6 is 0 Å². The van der Waals surface area contributed by atoms with Gasteiger partial charge >= 0.3 is 0 Å². The number of rotatable bonds is 3. The molecule has 2 aliphatic heterocycles. The monoisotopic (exact) mass is 279 g/mol. The smallest absolute Gasteiger partial charge is 0.236 e. The van der Waals surface area contributed by atoms with Crippen LogP contribution in [0.5, 0.6) is 0 Å². The van der Waals surface area contributed by atoms with Gasteiger partial charge in [0.1, 0.15) is 0 Å². The Bertz CT molecular complexity index is 552. The molecule has 0 aliphatic carbocycles. The van der Waals surface area contributed by atoms with Gasteiger partial charge in [0, 0.05) is 17.5 Å². The van der Waals surface area contributed by atoms with Crippen LogP contribution in [0.4, 0.5) is 0 Å². The highest BCUT2D eigenvalue weighted by Crippen LogP contribution is 2.32. The Balaban J connectivity index is 1.82. The molecule has 1 aromatic rings. The number of sulfonamides is 1. The third kappa shape index (κ3) is 2.59. The Kier molecular flexibility index (Phi) is 3.43. The largest absolute Gasteiger partial charge is 0.378 e. The van der Waals surface area contributed by atoms with Gasteiger partial charge in [-0.15, -0.1) is 0 Å². The van der Waals surface area contributed by atoms with Crippen molar-refractivity contribution in [3.63, 3.8) is 0 Å². The van der Waals surface area contributed by atoms with Gasteiger partial charge in [0.2, 0.25) is 10.0 Å². The molecular formula is C14H17NO3S. The average molecular weight is 279 g/mol. The average Bonchev–Trinajstić information content (AvgIpc) is 2.70. The van der Waals surface area contributed by atoms with Gasteiger partial charge in [0.05, 0.1) is 13.2 Å². The molecule has 3 rings (SSSR count). The summed E-state index contributed by atoms with van der Waals surface area (Å²) in [6, 6.07) is 9.51. The third-order valence-electron chi connectivity index (χ3n) is 3.70. The molecule has 102 valence electrons. The lowest BCUT2D eigenvalue weighted by molar-refractivity contribution is 0.0275. The summed E-state index contributed by atoms with van der Waals surface area (Å²) in [4.78, 5) is 0. The van der Waals surface area contributed by atoms with Crippen LogP contribution in [0.15, 0.2) is 35.7 Å². The second kappa shape index (κ2) is 5.07. The zero-order valence-corrected chi connectivity index (χ0v) is 11.4. The van der Waals surface area contributed by atoms with Crippen molar-refractivity contribution in [1.82, 2.24) is 4.31 Å². The van der Waals surface area contributed by atoms with Gasteiger partial charge in [-0.05, 0) is 24.5 Å². The molecule has 5 heteroatoms. The van der Waals surface area contributed by atoms with Crippen LogP contribution in [0.1, 0.15) is 18.4 Å². The predicted molar refractivity (Wildman–Crippen MR) is 73.9 cm³/mol. The van der Waals surface area contributed by atoms with E-state index in [2.05, 4.69) is 0 Å². The summed E-state index contributed by atoms with van der Waals surface area (Å²) in [5, 5.41) is 1.32. The first kappa shape index (κ1) is 12.8. The summed E-state index contributed by atoms with van der Waals surface area (Å²) < 4.78 is 31.9. The van der Waals surface area contributed by atoms with E-state index in [0.29, 0.717) is 13.2 Å². The molecule has 4 nitrogen and oxygen atoms in total. The van der Waals surface area contributed by atoms with E-state index in [-0.39, 0.29) is 12.1 Å². The topological polar surface area (TPSA) is 46.6 Å². The van der Waals surface area contributed by atoms with E-state index in [0.717, 1.165) is 18.4 Å². The second-order valence-electron chi connectivity index (χ2n) is 5.01. The molecule has 0 spiro atoms. The van der Waals surface area contributed by atoms with E-state index in [1.165, 1.54) is 5.41 Å². The first-order chi connectivity index (χ1) is 9.17. The third-order valence-corrected chi connectivity index (χ3v) is 5.36. The molecule has 2 aliphatic rings. The quantitative estimate of drug-likeness (QED) is 0.848. The Hall–Kier alpha value is -1.17. The first-order valence-corrected chi connectivity index (χ1v) is 8.01. The molecule has 0 aromatic heterocycles. The van der Waals surface area contributed by atoms with Crippen molar-refractivity contribution in [3.8, 4) is 0 Å². The Labute approximate surface area is 113 Å². The van der Waals surface area contributed by atoms with Crippen molar-refractivity contribution in [1.29, 1.82) is 0 Å². The molecule has 0 amide bonds. The number of fused-ring (bicyclic) bond motifs is 2. The summed E-state index contributed by atoms with van der Waals surface area (Å²) in [5.74, 6) is 0. The molecular weight excluding hydrogens is 262 g/mol. The zero-order chi connectivity index (χ0) is 13.3. The van der Waals surface area contributed by atoms with Gasteiger partial charge in [-0.25, -0.2) is 8.42 Å². The minimum Gasteiger partial charge on any atom is -0.378 e. The zero-order valence-electron chi connectivity index (χ0n) is 10.6. The van der Waals surface area contributed by atoms with Gasteiger partial charge in [-0.1, -0.05) is 30.3 Å². The highest BCUT2D eigenvalue weighted by atomic mass is 32.2. The lowest BCUT2D eigenvalue weighted by Crippen LogP contribution is -2.48. The fourth-order valence-electron chi connectivity index (χ4n) is 2.81. The molecule has 1 aromatic carbocycles. The highest BCUT2D eigenvalue weighted by Gasteiger charge is 2.43. The summed E-state index contributed by atoms with van der Waals surface area (Å²) >= 11 is 0. The maximum Gasteiger partial charge on any atom is 0.236 e.